The molecule has 2 nitrogen and oxygen atoms in total. The van der Waals surface area contributed by atoms with Gasteiger partial charge in [0.05, 0.1) is 5.69 Å². The summed E-state index contributed by atoms with van der Waals surface area (Å²) in [6.07, 6.45) is 0.110. The average molecular weight is 277 g/mol. The van der Waals surface area contributed by atoms with Crippen molar-refractivity contribution in [2.24, 2.45) is 0 Å². The summed E-state index contributed by atoms with van der Waals surface area (Å²) < 4.78 is 41.6. The van der Waals surface area contributed by atoms with Gasteiger partial charge in [0.1, 0.15) is 11.6 Å². The molecule has 0 bridgehead atoms. The van der Waals surface area contributed by atoms with E-state index in [1.165, 1.54) is 25.1 Å². The van der Waals surface area contributed by atoms with Crippen LogP contribution >= 0.6 is 0 Å². The van der Waals surface area contributed by atoms with Gasteiger partial charge in [-0.15, -0.1) is 0 Å². The first-order chi connectivity index (χ1) is 9.47. The Kier molecular flexibility index (Phi) is 2.78. The van der Waals surface area contributed by atoms with Gasteiger partial charge in [0.2, 0.25) is 5.91 Å². The molecule has 0 saturated heterocycles. The fraction of sp³-hybridized carbons (Fsp3) is 0.133. The maximum absolute atomic E-state index is 14.3. The van der Waals surface area contributed by atoms with Crippen LogP contribution in [0.25, 0.3) is 11.1 Å². The summed E-state index contributed by atoms with van der Waals surface area (Å²) in [4.78, 5) is 11.0. The van der Waals surface area contributed by atoms with Gasteiger partial charge in [0, 0.05) is 30.5 Å². The molecular weight excluding hydrogens is 267 g/mol. The van der Waals surface area contributed by atoms with Crippen LogP contribution in [-0.4, -0.2) is 5.91 Å². The number of hydrogen-bond donors (Lipinski definition) is 1. The highest BCUT2D eigenvalue weighted by atomic mass is 19.1. The second-order valence-electron chi connectivity index (χ2n) is 4.73. The highest BCUT2D eigenvalue weighted by Gasteiger charge is 2.27. The van der Waals surface area contributed by atoms with Gasteiger partial charge >= 0.3 is 0 Å². The Morgan fingerprint density at radius 2 is 1.95 bits per heavy atom. The summed E-state index contributed by atoms with van der Waals surface area (Å²) in [6.45, 7) is 1.22. The molecule has 5 heteroatoms. The smallest absolute Gasteiger partial charge is 0.221 e. The minimum Gasteiger partial charge on any atom is -0.324 e. The minimum atomic E-state index is -0.673. The van der Waals surface area contributed by atoms with Gasteiger partial charge in [-0.05, 0) is 23.3 Å². The number of hydrogen-bond acceptors (Lipinski definition) is 1. The first kappa shape index (κ1) is 12.7. The highest BCUT2D eigenvalue weighted by molar-refractivity contribution is 5.90. The summed E-state index contributed by atoms with van der Waals surface area (Å²) >= 11 is 0. The largest absolute Gasteiger partial charge is 0.324 e. The number of amides is 1. The number of fused-ring (bicyclic) bond motifs is 3. The number of carbonyl (C=O) groups is 1. The third-order valence-corrected chi connectivity index (χ3v) is 3.33. The molecule has 0 atom stereocenters. The lowest BCUT2D eigenvalue weighted by Crippen LogP contribution is -2.09. The van der Waals surface area contributed by atoms with Crippen molar-refractivity contribution in [2.45, 2.75) is 13.3 Å². The van der Waals surface area contributed by atoms with Crippen molar-refractivity contribution in [3.05, 3.63) is 52.8 Å². The van der Waals surface area contributed by atoms with E-state index < -0.39 is 23.4 Å². The molecule has 0 heterocycles. The topological polar surface area (TPSA) is 29.1 Å². The molecule has 20 heavy (non-hydrogen) atoms. The van der Waals surface area contributed by atoms with Crippen LogP contribution in [0.1, 0.15) is 18.1 Å². The van der Waals surface area contributed by atoms with E-state index in [2.05, 4.69) is 5.32 Å². The number of halogens is 3. The van der Waals surface area contributed by atoms with E-state index in [-0.39, 0.29) is 23.2 Å². The molecule has 0 radical (unpaired) electrons. The van der Waals surface area contributed by atoms with Gasteiger partial charge in [-0.25, -0.2) is 13.2 Å². The number of nitrogens with one attached hydrogen (secondary N) is 1. The van der Waals surface area contributed by atoms with Gasteiger partial charge in [-0.2, -0.15) is 0 Å². The summed E-state index contributed by atoms with van der Waals surface area (Å²) in [5.74, 6) is -2.23. The standard InChI is InChI=1S/C15H10F3NO/c1-7(20)19-13-6-12(17)14-10-3-2-9(16)4-8(10)5-11(14)15(13)18/h2-4,6H,5H2,1H3,(H,19,20). The Morgan fingerprint density at radius 1 is 1.20 bits per heavy atom. The maximum Gasteiger partial charge on any atom is 0.221 e. The van der Waals surface area contributed by atoms with Crippen LogP contribution in [0.2, 0.25) is 0 Å². The van der Waals surface area contributed by atoms with Gasteiger partial charge in [-0.3, -0.25) is 4.79 Å². The molecule has 2 aromatic rings. The molecule has 0 aliphatic heterocycles. The summed E-state index contributed by atoms with van der Waals surface area (Å²) in [7, 11) is 0. The van der Waals surface area contributed by atoms with Crippen molar-refractivity contribution in [3.8, 4) is 11.1 Å². The number of rotatable bonds is 1. The Bertz CT molecular complexity index is 740. The van der Waals surface area contributed by atoms with E-state index in [0.717, 1.165) is 6.07 Å². The van der Waals surface area contributed by atoms with Crippen molar-refractivity contribution in [1.29, 1.82) is 0 Å². The highest BCUT2D eigenvalue weighted by Crippen LogP contribution is 2.42. The first-order valence-corrected chi connectivity index (χ1v) is 6.04. The molecule has 0 saturated carbocycles. The van der Waals surface area contributed by atoms with Gasteiger partial charge in [0.15, 0.2) is 5.82 Å². The zero-order valence-corrected chi connectivity index (χ0v) is 10.6. The van der Waals surface area contributed by atoms with Gasteiger partial charge in [-0.1, -0.05) is 6.07 Å². The van der Waals surface area contributed by atoms with E-state index in [0.29, 0.717) is 11.1 Å². The Balaban J connectivity index is 2.19. The van der Waals surface area contributed by atoms with Crippen molar-refractivity contribution >= 4 is 11.6 Å². The third-order valence-electron chi connectivity index (χ3n) is 3.33. The summed E-state index contributed by atoms with van der Waals surface area (Å²) in [5.41, 5.74) is 1.13. The predicted octanol–water partition coefficient (Wildman–Crippen LogP) is 3.63. The van der Waals surface area contributed by atoms with Gasteiger partial charge in [0.25, 0.3) is 0 Å². The number of anilines is 1. The van der Waals surface area contributed by atoms with E-state index in [9.17, 15) is 18.0 Å². The number of carbonyl (C=O) groups excluding carboxylic acids is 1. The average Bonchev–Trinajstić information content (AvgIpc) is 2.73. The van der Waals surface area contributed by atoms with Crippen molar-refractivity contribution in [1.82, 2.24) is 0 Å². The van der Waals surface area contributed by atoms with Crippen molar-refractivity contribution in [2.75, 3.05) is 5.32 Å². The van der Waals surface area contributed by atoms with Crippen LogP contribution in [0.15, 0.2) is 24.3 Å². The molecule has 0 aromatic heterocycles. The number of benzene rings is 2. The molecule has 1 amide bonds. The van der Waals surface area contributed by atoms with Crippen LogP contribution in [0.3, 0.4) is 0 Å². The molecule has 0 fully saturated rings. The van der Waals surface area contributed by atoms with E-state index in [1.807, 2.05) is 0 Å². The molecule has 1 aliphatic rings. The summed E-state index contributed by atoms with van der Waals surface area (Å²) in [6, 6.07) is 4.88. The van der Waals surface area contributed by atoms with E-state index in [4.69, 9.17) is 0 Å². The second kappa shape index (κ2) is 4.37. The quantitative estimate of drug-likeness (QED) is 0.723. The fourth-order valence-electron chi connectivity index (χ4n) is 2.56. The lowest BCUT2D eigenvalue weighted by Gasteiger charge is -2.09. The van der Waals surface area contributed by atoms with Crippen LogP contribution < -0.4 is 5.32 Å². The predicted molar refractivity (Wildman–Crippen MR) is 68.9 cm³/mol. The normalized spacial score (nSPS) is 12.0. The van der Waals surface area contributed by atoms with Crippen LogP contribution in [0.5, 0.6) is 0 Å². The minimum absolute atomic E-state index is 0.110. The van der Waals surface area contributed by atoms with Crippen LogP contribution in [0, 0.1) is 17.5 Å². The maximum atomic E-state index is 14.3. The molecule has 0 unspecified atom stereocenters. The Labute approximate surface area is 113 Å². The van der Waals surface area contributed by atoms with Crippen molar-refractivity contribution in [3.63, 3.8) is 0 Å². The van der Waals surface area contributed by atoms with E-state index in [1.54, 1.807) is 0 Å². The molecule has 1 aliphatic carbocycles. The Hall–Kier alpha value is -2.30. The zero-order valence-electron chi connectivity index (χ0n) is 10.6. The van der Waals surface area contributed by atoms with Crippen molar-refractivity contribution < 1.29 is 18.0 Å². The lowest BCUT2D eigenvalue weighted by atomic mass is 10.0. The second-order valence-corrected chi connectivity index (χ2v) is 4.73. The molecule has 2 aromatic carbocycles. The molecule has 1 N–H and O–H groups in total. The molecule has 102 valence electrons. The van der Waals surface area contributed by atoms with E-state index >= 15 is 0 Å². The zero-order chi connectivity index (χ0) is 14.4. The van der Waals surface area contributed by atoms with Crippen LogP contribution in [0.4, 0.5) is 18.9 Å². The summed E-state index contributed by atoms with van der Waals surface area (Å²) in [5, 5.41) is 2.25. The first-order valence-electron chi connectivity index (χ1n) is 6.04. The SMILES string of the molecule is CC(=O)Nc1cc(F)c2c(c1F)Cc1cc(F)ccc1-2. The lowest BCUT2D eigenvalue weighted by molar-refractivity contribution is -0.114. The fourth-order valence-corrected chi connectivity index (χ4v) is 2.56. The van der Waals surface area contributed by atoms with Gasteiger partial charge < -0.3 is 5.32 Å². The third kappa shape index (κ3) is 1.86. The molecule has 0 spiro atoms. The monoisotopic (exact) mass is 277 g/mol. The van der Waals surface area contributed by atoms with Crippen LogP contribution in [-0.2, 0) is 11.2 Å². The molecular formula is C15H10F3NO. The Morgan fingerprint density at radius 3 is 2.65 bits per heavy atom. The molecule has 3 rings (SSSR count).